The second kappa shape index (κ2) is 4.75. The molecule has 0 fully saturated rings. The van der Waals surface area contributed by atoms with E-state index in [1.54, 1.807) is 0 Å². The summed E-state index contributed by atoms with van der Waals surface area (Å²) in [4.78, 5) is 10.1. The molecular formula is C4F10O4P-. The van der Waals surface area contributed by atoms with Gasteiger partial charge in [0.15, 0.2) is 0 Å². The monoisotopic (exact) mass is 333 g/mol. The van der Waals surface area contributed by atoms with Gasteiger partial charge in [0.25, 0.3) is 7.82 Å². The summed E-state index contributed by atoms with van der Waals surface area (Å²) in [6.45, 7) is 0. The van der Waals surface area contributed by atoms with Gasteiger partial charge in [0, 0.05) is 0 Å². The third kappa shape index (κ3) is 4.78. The van der Waals surface area contributed by atoms with Crippen molar-refractivity contribution in [2.24, 2.45) is 0 Å². The summed E-state index contributed by atoms with van der Waals surface area (Å²) in [5.74, 6) is -7.06. The zero-order valence-electron chi connectivity index (χ0n) is 7.86. The van der Waals surface area contributed by atoms with Gasteiger partial charge >= 0.3 is 24.6 Å². The van der Waals surface area contributed by atoms with E-state index >= 15 is 0 Å². The van der Waals surface area contributed by atoms with Crippen LogP contribution >= 0.6 is 7.82 Å². The molecule has 1 unspecified atom stereocenters. The van der Waals surface area contributed by atoms with E-state index in [0.29, 0.717) is 0 Å². The van der Waals surface area contributed by atoms with E-state index in [2.05, 4.69) is 0 Å². The van der Waals surface area contributed by atoms with Crippen molar-refractivity contribution in [3.8, 4) is 0 Å². The Morgan fingerprint density at radius 2 is 1.16 bits per heavy atom. The summed E-state index contributed by atoms with van der Waals surface area (Å²) in [7, 11) is -7.21. The minimum absolute atomic E-state index is 1.85. The molecule has 116 valence electrons. The van der Waals surface area contributed by atoms with E-state index in [0.717, 1.165) is 0 Å². The zero-order chi connectivity index (χ0) is 15.9. The molecule has 0 N–H and O–H groups in total. The van der Waals surface area contributed by atoms with Crippen LogP contribution in [0.3, 0.4) is 0 Å². The maximum absolute atomic E-state index is 12.3. The average Bonchev–Trinajstić information content (AvgIpc) is 1.92. The van der Waals surface area contributed by atoms with Gasteiger partial charge in [-0.15, -0.1) is 13.2 Å². The summed E-state index contributed by atoms with van der Waals surface area (Å²) in [5.41, 5.74) is 0. The lowest BCUT2D eigenvalue weighted by Crippen LogP contribution is -2.53. The van der Waals surface area contributed by atoms with Crippen molar-refractivity contribution in [3.63, 3.8) is 0 Å². The summed E-state index contributed by atoms with van der Waals surface area (Å²) in [5, 5.41) is 0. The smallest absolute Gasteiger partial charge is 0.528 e. The van der Waals surface area contributed by atoms with Crippen molar-refractivity contribution >= 4 is 7.82 Å². The fourth-order valence-electron chi connectivity index (χ4n) is 0.508. The molecule has 0 aromatic carbocycles. The van der Waals surface area contributed by atoms with E-state index in [9.17, 15) is 53.4 Å². The normalized spacial score (nSPS) is 18.3. The lowest BCUT2D eigenvalue weighted by Gasteiger charge is -2.32. The summed E-state index contributed by atoms with van der Waals surface area (Å²) >= 11 is 0. The molecule has 0 aliphatic carbocycles. The Balaban J connectivity index is 5.22. The molecule has 0 amide bonds. The number of rotatable bonds is 4. The third-order valence-electron chi connectivity index (χ3n) is 1.16. The van der Waals surface area contributed by atoms with Crippen LogP contribution in [0.1, 0.15) is 0 Å². The van der Waals surface area contributed by atoms with Gasteiger partial charge in [-0.2, -0.15) is 30.7 Å². The lowest BCUT2D eigenvalue weighted by molar-refractivity contribution is -0.419. The zero-order valence-corrected chi connectivity index (χ0v) is 8.75. The van der Waals surface area contributed by atoms with Crippen molar-refractivity contribution in [3.05, 3.63) is 0 Å². The van der Waals surface area contributed by atoms with Gasteiger partial charge < -0.3 is 4.89 Å². The second-order valence-electron chi connectivity index (χ2n) is 2.66. The number of hydrogen-bond acceptors (Lipinski definition) is 4. The highest BCUT2D eigenvalue weighted by Gasteiger charge is 2.75. The fourth-order valence-corrected chi connectivity index (χ4v) is 1.19. The van der Waals surface area contributed by atoms with Gasteiger partial charge in [0.2, 0.25) is 0 Å². The van der Waals surface area contributed by atoms with Crippen LogP contribution in [0, 0.1) is 0 Å². The first-order chi connectivity index (χ1) is 7.91. The first kappa shape index (κ1) is 18.4. The molecule has 1 atom stereocenters. The van der Waals surface area contributed by atoms with Gasteiger partial charge in [-0.05, 0) is 0 Å². The fraction of sp³-hybridized carbons (Fsp3) is 1.00. The van der Waals surface area contributed by atoms with Gasteiger partial charge in [0.1, 0.15) is 0 Å². The Morgan fingerprint density at radius 3 is 1.42 bits per heavy atom. The van der Waals surface area contributed by atoms with Crippen LogP contribution in [0.5, 0.6) is 0 Å². The van der Waals surface area contributed by atoms with E-state index in [1.165, 1.54) is 0 Å². The van der Waals surface area contributed by atoms with Gasteiger partial charge in [0.05, 0.1) is 0 Å². The quantitative estimate of drug-likeness (QED) is 0.586. The third-order valence-corrected chi connectivity index (χ3v) is 2.05. The Hall–Kier alpha value is -0.590. The molecule has 15 heteroatoms. The first-order valence-electron chi connectivity index (χ1n) is 3.53. The van der Waals surface area contributed by atoms with Crippen LogP contribution in [-0.4, -0.2) is 24.6 Å². The van der Waals surface area contributed by atoms with E-state index in [4.69, 9.17) is 0 Å². The van der Waals surface area contributed by atoms with Gasteiger partial charge in [-0.1, -0.05) is 0 Å². The minimum atomic E-state index is -7.21. The molecular weight excluding hydrogens is 333 g/mol. The van der Waals surface area contributed by atoms with Gasteiger partial charge in [-0.25, -0.2) is 9.05 Å². The SMILES string of the molecule is O=P([O-])(OC(F)(F)F)OC(F)(F)C(F)(F)C(F)(F)F. The van der Waals surface area contributed by atoms with Crippen molar-refractivity contribution in [1.29, 1.82) is 0 Å². The Kier molecular flexibility index (Phi) is 4.60. The molecule has 0 radical (unpaired) electrons. The highest BCUT2D eigenvalue weighted by molar-refractivity contribution is 7.45. The van der Waals surface area contributed by atoms with Crippen molar-refractivity contribution in [2.45, 2.75) is 24.6 Å². The molecule has 0 aromatic heterocycles. The highest BCUT2D eigenvalue weighted by atomic mass is 31.2. The van der Waals surface area contributed by atoms with E-state index in [1.807, 2.05) is 9.05 Å². The molecule has 0 heterocycles. The van der Waals surface area contributed by atoms with E-state index in [-0.39, 0.29) is 0 Å². The summed E-state index contributed by atoms with van der Waals surface area (Å²) < 4.78 is 131. The average molecular weight is 333 g/mol. The van der Waals surface area contributed by atoms with Crippen molar-refractivity contribution < 1.29 is 62.4 Å². The number of alkyl halides is 10. The van der Waals surface area contributed by atoms with E-state index < -0.39 is 32.4 Å². The number of hydrogen-bond donors (Lipinski definition) is 0. The van der Waals surface area contributed by atoms with Crippen molar-refractivity contribution in [2.75, 3.05) is 0 Å². The predicted octanol–water partition coefficient (Wildman–Crippen LogP) is 2.80. The van der Waals surface area contributed by atoms with Crippen molar-refractivity contribution in [1.82, 2.24) is 0 Å². The maximum atomic E-state index is 12.3. The second-order valence-corrected chi connectivity index (χ2v) is 3.92. The molecule has 0 aromatic rings. The Labute approximate surface area is 96.1 Å². The van der Waals surface area contributed by atoms with Crippen LogP contribution in [0.2, 0.25) is 0 Å². The number of phosphoric ester groups is 1. The molecule has 0 aliphatic rings. The van der Waals surface area contributed by atoms with Crippen LogP contribution in [0.25, 0.3) is 0 Å². The molecule has 19 heavy (non-hydrogen) atoms. The van der Waals surface area contributed by atoms with Crippen LogP contribution < -0.4 is 4.89 Å². The number of phosphoric acid groups is 1. The maximum Gasteiger partial charge on any atom is 0.528 e. The summed E-state index contributed by atoms with van der Waals surface area (Å²) in [6, 6.07) is 0. The topological polar surface area (TPSA) is 58.6 Å². The molecule has 0 saturated carbocycles. The lowest BCUT2D eigenvalue weighted by atomic mass is 10.3. The molecule has 0 bridgehead atoms. The first-order valence-corrected chi connectivity index (χ1v) is 4.99. The Bertz CT molecular complexity index is 371. The van der Waals surface area contributed by atoms with Gasteiger partial charge in [-0.3, -0.25) is 4.57 Å². The van der Waals surface area contributed by atoms with Crippen LogP contribution in [-0.2, 0) is 13.6 Å². The molecule has 0 spiro atoms. The largest absolute Gasteiger partial charge is 0.756 e. The Morgan fingerprint density at radius 1 is 0.789 bits per heavy atom. The molecule has 0 rings (SSSR count). The van der Waals surface area contributed by atoms with Crippen LogP contribution in [0.4, 0.5) is 43.9 Å². The molecule has 4 nitrogen and oxygen atoms in total. The number of halogens is 10. The summed E-state index contributed by atoms with van der Waals surface area (Å²) in [6.07, 6.45) is -20.0. The standard InChI is InChI=1S/C4HF10O4P/c5-1(6,2(7,8)9)3(10,11)17-19(15,16)18-4(12,13)14/h(H,15,16)/p-1. The minimum Gasteiger partial charge on any atom is -0.756 e. The van der Waals surface area contributed by atoms with Crippen LogP contribution in [0.15, 0.2) is 0 Å². The molecule has 0 saturated heterocycles. The molecule has 0 aliphatic heterocycles. The highest BCUT2D eigenvalue weighted by Crippen LogP contribution is 2.55. The predicted molar refractivity (Wildman–Crippen MR) is 31.8 cm³/mol.